The van der Waals surface area contributed by atoms with Gasteiger partial charge in [0.1, 0.15) is 0 Å². The van der Waals surface area contributed by atoms with Crippen LogP contribution in [0.25, 0.3) is 0 Å². The molecule has 2 rings (SSSR count). The molecule has 0 N–H and O–H groups in total. The Morgan fingerprint density at radius 1 is 0.913 bits per heavy atom. The summed E-state index contributed by atoms with van der Waals surface area (Å²) in [5, 5.41) is 0. The minimum Gasteiger partial charge on any atom is -0.469 e. The van der Waals surface area contributed by atoms with Gasteiger partial charge in [-0.3, -0.25) is 9.59 Å². The molecular weight excluding hydrogens is 290 g/mol. The second-order valence-corrected chi connectivity index (χ2v) is 7.27. The number of carbonyl (C=O) groups excluding carboxylic acids is 2. The number of amides is 1. The minimum atomic E-state index is -0.214. The number of nitrogens with zero attached hydrogens (tertiary/aromatic N) is 1. The average molecular weight is 323 g/mol. The number of carbonyl (C=O) groups is 2. The first-order valence-electron chi connectivity index (χ1n) is 9.57. The molecule has 0 heterocycles. The van der Waals surface area contributed by atoms with Crippen LogP contribution in [0.4, 0.5) is 0 Å². The van der Waals surface area contributed by atoms with Crippen LogP contribution in [0.5, 0.6) is 0 Å². The zero-order chi connectivity index (χ0) is 16.5. The SMILES string of the molecule is COC(=O)CCN(C(=O)CC1CCCCC1)C1CCCCCC1. The van der Waals surface area contributed by atoms with Crippen LogP contribution in [-0.2, 0) is 14.3 Å². The lowest BCUT2D eigenvalue weighted by atomic mass is 9.86. The van der Waals surface area contributed by atoms with Crippen molar-refractivity contribution < 1.29 is 14.3 Å². The van der Waals surface area contributed by atoms with Crippen molar-refractivity contribution in [3.05, 3.63) is 0 Å². The second kappa shape index (κ2) is 9.94. The van der Waals surface area contributed by atoms with E-state index in [9.17, 15) is 9.59 Å². The number of ether oxygens (including phenoxy) is 1. The Hall–Kier alpha value is -1.06. The van der Waals surface area contributed by atoms with Gasteiger partial charge in [-0.2, -0.15) is 0 Å². The van der Waals surface area contributed by atoms with Gasteiger partial charge in [-0.15, -0.1) is 0 Å². The highest BCUT2D eigenvalue weighted by Crippen LogP contribution is 2.29. The lowest BCUT2D eigenvalue weighted by Crippen LogP contribution is -2.42. The maximum Gasteiger partial charge on any atom is 0.307 e. The van der Waals surface area contributed by atoms with E-state index in [0.717, 1.165) is 12.8 Å². The van der Waals surface area contributed by atoms with E-state index in [0.29, 0.717) is 31.3 Å². The molecule has 0 saturated heterocycles. The Morgan fingerprint density at radius 2 is 1.48 bits per heavy atom. The summed E-state index contributed by atoms with van der Waals surface area (Å²) < 4.78 is 4.77. The highest BCUT2D eigenvalue weighted by Gasteiger charge is 2.27. The highest BCUT2D eigenvalue weighted by atomic mass is 16.5. The molecule has 23 heavy (non-hydrogen) atoms. The van der Waals surface area contributed by atoms with Gasteiger partial charge in [-0.05, 0) is 31.6 Å². The predicted molar refractivity (Wildman–Crippen MR) is 91.0 cm³/mol. The molecule has 2 fully saturated rings. The minimum absolute atomic E-state index is 0.214. The van der Waals surface area contributed by atoms with Crippen molar-refractivity contribution in [1.82, 2.24) is 4.90 Å². The van der Waals surface area contributed by atoms with E-state index in [2.05, 4.69) is 0 Å². The standard InChI is InChI=1S/C19H33NO3/c1-23-19(22)13-14-20(17-11-7-2-3-8-12-17)18(21)15-16-9-5-4-6-10-16/h16-17H,2-15H2,1H3. The van der Waals surface area contributed by atoms with Crippen molar-refractivity contribution in [2.45, 2.75) is 89.5 Å². The summed E-state index contributed by atoms with van der Waals surface area (Å²) in [7, 11) is 1.42. The lowest BCUT2D eigenvalue weighted by molar-refractivity contribution is -0.142. The molecule has 0 unspecified atom stereocenters. The smallest absolute Gasteiger partial charge is 0.307 e. The second-order valence-electron chi connectivity index (χ2n) is 7.27. The Morgan fingerprint density at radius 3 is 2.09 bits per heavy atom. The third kappa shape index (κ3) is 6.15. The summed E-state index contributed by atoms with van der Waals surface area (Å²) in [6, 6.07) is 0.332. The van der Waals surface area contributed by atoms with Crippen molar-refractivity contribution in [2.75, 3.05) is 13.7 Å². The monoisotopic (exact) mass is 323 g/mol. The predicted octanol–water partition coefficient (Wildman–Crippen LogP) is 4.07. The van der Waals surface area contributed by atoms with Crippen LogP contribution in [0.15, 0.2) is 0 Å². The fourth-order valence-corrected chi connectivity index (χ4v) is 4.15. The molecule has 0 aromatic carbocycles. The molecule has 0 aromatic heterocycles. The van der Waals surface area contributed by atoms with Crippen LogP contribution in [0.1, 0.15) is 83.5 Å². The maximum absolute atomic E-state index is 12.9. The average Bonchev–Trinajstić information content (AvgIpc) is 2.85. The van der Waals surface area contributed by atoms with E-state index in [4.69, 9.17) is 4.74 Å². The number of methoxy groups -OCH3 is 1. The van der Waals surface area contributed by atoms with E-state index < -0.39 is 0 Å². The molecule has 132 valence electrons. The molecule has 0 spiro atoms. The topological polar surface area (TPSA) is 46.6 Å². The summed E-state index contributed by atoms with van der Waals surface area (Å²) in [5.74, 6) is 0.615. The zero-order valence-electron chi connectivity index (χ0n) is 14.7. The summed E-state index contributed by atoms with van der Waals surface area (Å²) in [6.07, 6.45) is 14.4. The van der Waals surface area contributed by atoms with Gasteiger partial charge in [0.15, 0.2) is 0 Å². The molecule has 0 atom stereocenters. The molecule has 2 saturated carbocycles. The summed E-state index contributed by atoms with van der Waals surface area (Å²) >= 11 is 0. The molecule has 4 nitrogen and oxygen atoms in total. The number of hydrogen-bond acceptors (Lipinski definition) is 3. The van der Waals surface area contributed by atoms with Crippen LogP contribution in [0, 0.1) is 5.92 Å². The van der Waals surface area contributed by atoms with Gasteiger partial charge in [0.25, 0.3) is 0 Å². The third-order valence-corrected chi connectivity index (χ3v) is 5.56. The van der Waals surface area contributed by atoms with Crippen molar-refractivity contribution in [3.8, 4) is 0 Å². The molecule has 1 amide bonds. The Bertz CT molecular complexity index is 369. The van der Waals surface area contributed by atoms with Crippen molar-refractivity contribution >= 4 is 11.9 Å². The van der Waals surface area contributed by atoms with Crippen LogP contribution in [-0.4, -0.2) is 36.5 Å². The van der Waals surface area contributed by atoms with Crippen molar-refractivity contribution in [3.63, 3.8) is 0 Å². The fraction of sp³-hybridized carbons (Fsp3) is 0.895. The van der Waals surface area contributed by atoms with Crippen LogP contribution in [0.2, 0.25) is 0 Å². The largest absolute Gasteiger partial charge is 0.469 e. The molecule has 2 aliphatic carbocycles. The van der Waals surface area contributed by atoms with Crippen molar-refractivity contribution in [1.29, 1.82) is 0 Å². The lowest BCUT2D eigenvalue weighted by Gasteiger charge is -2.33. The number of rotatable bonds is 6. The normalized spacial score (nSPS) is 20.7. The first-order chi connectivity index (χ1) is 11.2. The van der Waals surface area contributed by atoms with E-state index in [1.54, 1.807) is 0 Å². The van der Waals surface area contributed by atoms with Gasteiger partial charge in [-0.25, -0.2) is 0 Å². The number of hydrogen-bond donors (Lipinski definition) is 0. The Kier molecular flexibility index (Phi) is 7.90. The molecule has 0 bridgehead atoms. The van der Waals surface area contributed by atoms with Gasteiger partial charge in [0.2, 0.25) is 5.91 Å². The molecular formula is C19H33NO3. The van der Waals surface area contributed by atoms with Gasteiger partial charge in [-0.1, -0.05) is 44.9 Å². The van der Waals surface area contributed by atoms with Gasteiger partial charge in [0.05, 0.1) is 13.5 Å². The van der Waals surface area contributed by atoms with Crippen LogP contribution >= 0.6 is 0 Å². The van der Waals surface area contributed by atoms with Crippen LogP contribution in [0.3, 0.4) is 0 Å². The van der Waals surface area contributed by atoms with E-state index >= 15 is 0 Å². The first kappa shape index (κ1) is 18.3. The Balaban J connectivity index is 1.94. The third-order valence-electron chi connectivity index (χ3n) is 5.56. The number of esters is 1. The van der Waals surface area contributed by atoms with E-state index in [1.165, 1.54) is 64.9 Å². The Labute approximate surface area is 140 Å². The fourth-order valence-electron chi connectivity index (χ4n) is 4.15. The summed E-state index contributed by atoms with van der Waals surface area (Å²) in [5.41, 5.74) is 0. The summed E-state index contributed by atoms with van der Waals surface area (Å²) in [4.78, 5) is 26.4. The van der Waals surface area contributed by atoms with Gasteiger partial charge >= 0.3 is 5.97 Å². The van der Waals surface area contributed by atoms with E-state index in [-0.39, 0.29) is 11.9 Å². The van der Waals surface area contributed by atoms with Crippen LogP contribution < -0.4 is 0 Å². The van der Waals surface area contributed by atoms with Gasteiger partial charge in [0, 0.05) is 19.0 Å². The van der Waals surface area contributed by atoms with E-state index in [1.807, 2.05) is 4.90 Å². The molecule has 2 aliphatic rings. The highest BCUT2D eigenvalue weighted by molar-refractivity contribution is 5.78. The molecule has 4 heteroatoms. The molecule has 0 aromatic rings. The first-order valence-corrected chi connectivity index (χ1v) is 9.57. The van der Waals surface area contributed by atoms with Gasteiger partial charge < -0.3 is 9.64 Å². The zero-order valence-corrected chi connectivity index (χ0v) is 14.7. The quantitative estimate of drug-likeness (QED) is 0.547. The van der Waals surface area contributed by atoms with Crippen molar-refractivity contribution in [2.24, 2.45) is 5.92 Å². The maximum atomic E-state index is 12.9. The molecule has 0 aliphatic heterocycles. The molecule has 0 radical (unpaired) electrons. The summed E-state index contributed by atoms with van der Waals surface area (Å²) in [6.45, 7) is 0.531.